The van der Waals surface area contributed by atoms with Crippen LogP contribution in [-0.4, -0.2) is 31.5 Å². The summed E-state index contributed by atoms with van der Waals surface area (Å²) >= 11 is 1.49. The predicted octanol–water partition coefficient (Wildman–Crippen LogP) is 3.83. The molecule has 0 aliphatic carbocycles. The zero-order valence-electron chi connectivity index (χ0n) is 15.9. The first kappa shape index (κ1) is 19.4. The van der Waals surface area contributed by atoms with Crippen molar-refractivity contribution < 1.29 is 19.0 Å². The lowest BCUT2D eigenvalue weighted by Crippen LogP contribution is -2.24. The standard InChI is InChI=1S/C21H25NO4S/c1-4-25-19-10-15-9-14(2)26-20(15)11-16(19)12-22-21(23)13-27-18-7-5-17(24-3)6-8-18/h5-8,10-11,14H,4,9,12-13H2,1-3H3,(H,22,23)/t14-/m0/s1. The highest BCUT2D eigenvalue weighted by atomic mass is 32.2. The normalized spacial score (nSPS) is 15.0. The molecule has 0 saturated heterocycles. The zero-order chi connectivity index (χ0) is 19.2. The molecule has 6 heteroatoms. The van der Waals surface area contributed by atoms with E-state index in [2.05, 4.69) is 12.2 Å². The van der Waals surface area contributed by atoms with Gasteiger partial charge < -0.3 is 19.5 Å². The van der Waals surface area contributed by atoms with Crippen LogP contribution in [0.2, 0.25) is 0 Å². The lowest BCUT2D eigenvalue weighted by Gasteiger charge is -2.13. The first-order chi connectivity index (χ1) is 13.1. The smallest absolute Gasteiger partial charge is 0.230 e. The van der Waals surface area contributed by atoms with E-state index in [4.69, 9.17) is 14.2 Å². The number of carbonyl (C=O) groups excluding carboxylic acids is 1. The van der Waals surface area contributed by atoms with E-state index in [1.807, 2.05) is 43.3 Å². The summed E-state index contributed by atoms with van der Waals surface area (Å²) in [6.45, 7) is 5.02. The zero-order valence-corrected chi connectivity index (χ0v) is 16.7. The minimum absolute atomic E-state index is 0.0203. The van der Waals surface area contributed by atoms with Gasteiger partial charge in [0.15, 0.2) is 0 Å². The van der Waals surface area contributed by atoms with Crippen molar-refractivity contribution in [2.24, 2.45) is 0 Å². The third kappa shape index (κ3) is 5.10. The van der Waals surface area contributed by atoms with Gasteiger partial charge in [-0.25, -0.2) is 0 Å². The van der Waals surface area contributed by atoms with E-state index in [0.29, 0.717) is 18.9 Å². The van der Waals surface area contributed by atoms with Crippen molar-refractivity contribution in [1.29, 1.82) is 0 Å². The van der Waals surface area contributed by atoms with Crippen LogP contribution in [0.1, 0.15) is 25.0 Å². The molecule has 2 aromatic rings. The molecular weight excluding hydrogens is 362 g/mol. The molecule has 0 unspecified atom stereocenters. The molecule has 1 aliphatic heterocycles. The third-order valence-corrected chi connectivity index (χ3v) is 5.30. The van der Waals surface area contributed by atoms with E-state index in [0.717, 1.165) is 39.7 Å². The Kier molecular flexibility index (Phi) is 6.50. The molecule has 1 aliphatic rings. The Morgan fingerprint density at radius 3 is 2.78 bits per heavy atom. The van der Waals surface area contributed by atoms with Crippen LogP contribution in [0.5, 0.6) is 17.2 Å². The summed E-state index contributed by atoms with van der Waals surface area (Å²) < 4.78 is 16.7. The molecule has 0 bridgehead atoms. The van der Waals surface area contributed by atoms with Crippen molar-refractivity contribution in [3.05, 3.63) is 47.5 Å². The molecule has 0 fully saturated rings. The van der Waals surface area contributed by atoms with Crippen molar-refractivity contribution in [2.75, 3.05) is 19.5 Å². The number of nitrogens with one attached hydrogen (secondary N) is 1. The summed E-state index contributed by atoms with van der Waals surface area (Å²) in [7, 11) is 1.64. The van der Waals surface area contributed by atoms with Gasteiger partial charge in [-0.1, -0.05) is 0 Å². The molecule has 2 aromatic carbocycles. The molecule has 27 heavy (non-hydrogen) atoms. The number of rotatable bonds is 8. The van der Waals surface area contributed by atoms with Gasteiger partial charge in [-0.05, 0) is 50.2 Å². The van der Waals surface area contributed by atoms with Crippen molar-refractivity contribution in [3.63, 3.8) is 0 Å². The van der Waals surface area contributed by atoms with Crippen LogP contribution in [0, 0.1) is 0 Å². The Morgan fingerprint density at radius 1 is 1.30 bits per heavy atom. The Labute approximate surface area is 164 Å². The Hall–Kier alpha value is -2.34. The fraction of sp³-hybridized carbons (Fsp3) is 0.381. The highest BCUT2D eigenvalue weighted by Gasteiger charge is 2.22. The summed E-state index contributed by atoms with van der Waals surface area (Å²) in [6, 6.07) is 11.7. The van der Waals surface area contributed by atoms with Crippen LogP contribution in [0.4, 0.5) is 0 Å². The average molecular weight is 388 g/mol. The van der Waals surface area contributed by atoms with Crippen LogP contribution >= 0.6 is 11.8 Å². The fourth-order valence-corrected chi connectivity index (χ4v) is 3.70. The van der Waals surface area contributed by atoms with Gasteiger partial charge in [0.2, 0.25) is 5.91 Å². The Bertz CT molecular complexity index is 792. The van der Waals surface area contributed by atoms with Gasteiger partial charge in [-0.2, -0.15) is 0 Å². The topological polar surface area (TPSA) is 56.8 Å². The number of hydrogen-bond acceptors (Lipinski definition) is 5. The van der Waals surface area contributed by atoms with E-state index in [-0.39, 0.29) is 12.0 Å². The number of thioether (sulfide) groups is 1. The molecule has 0 saturated carbocycles. The van der Waals surface area contributed by atoms with Crippen LogP contribution in [0.25, 0.3) is 0 Å². The van der Waals surface area contributed by atoms with E-state index < -0.39 is 0 Å². The number of hydrogen-bond donors (Lipinski definition) is 1. The van der Waals surface area contributed by atoms with Gasteiger partial charge in [0.25, 0.3) is 0 Å². The maximum absolute atomic E-state index is 12.2. The second-order valence-corrected chi connectivity index (χ2v) is 7.42. The minimum atomic E-state index is -0.0203. The maximum atomic E-state index is 12.2. The van der Waals surface area contributed by atoms with Crippen LogP contribution in [0.3, 0.4) is 0 Å². The lowest BCUT2D eigenvalue weighted by molar-refractivity contribution is -0.118. The summed E-state index contributed by atoms with van der Waals surface area (Å²) in [6.07, 6.45) is 1.07. The van der Waals surface area contributed by atoms with E-state index >= 15 is 0 Å². The molecule has 1 heterocycles. The van der Waals surface area contributed by atoms with E-state index in [1.54, 1.807) is 7.11 Å². The lowest BCUT2D eigenvalue weighted by atomic mass is 10.1. The SMILES string of the molecule is CCOc1cc2c(cc1CNC(=O)CSc1ccc(OC)cc1)O[C@@H](C)C2. The van der Waals surface area contributed by atoms with E-state index in [9.17, 15) is 4.79 Å². The fourth-order valence-electron chi connectivity index (χ4n) is 2.98. The molecule has 144 valence electrons. The van der Waals surface area contributed by atoms with Gasteiger partial charge in [-0.15, -0.1) is 11.8 Å². The number of amides is 1. The maximum Gasteiger partial charge on any atom is 0.230 e. The molecule has 1 amide bonds. The highest BCUT2D eigenvalue weighted by Crippen LogP contribution is 2.35. The Morgan fingerprint density at radius 2 is 2.07 bits per heavy atom. The number of fused-ring (bicyclic) bond motifs is 1. The van der Waals surface area contributed by atoms with Crippen LogP contribution in [0.15, 0.2) is 41.3 Å². The molecule has 3 rings (SSSR count). The molecule has 5 nitrogen and oxygen atoms in total. The number of methoxy groups -OCH3 is 1. The first-order valence-corrected chi connectivity index (χ1v) is 10.1. The van der Waals surface area contributed by atoms with Crippen molar-refractivity contribution in [2.45, 2.75) is 37.8 Å². The van der Waals surface area contributed by atoms with Crippen LogP contribution < -0.4 is 19.5 Å². The minimum Gasteiger partial charge on any atom is -0.497 e. The van der Waals surface area contributed by atoms with Gasteiger partial charge in [0.1, 0.15) is 23.4 Å². The molecule has 0 aromatic heterocycles. The highest BCUT2D eigenvalue weighted by molar-refractivity contribution is 8.00. The van der Waals surface area contributed by atoms with Gasteiger partial charge in [-0.3, -0.25) is 4.79 Å². The first-order valence-electron chi connectivity index (χ1n) is 9.07. The summed E-state index contributed by atoms with van der Waals surface area (Å²) in [4.78, 5) is 13.3. The van der Waals surface area contributed by atoms with Crippen molar-refractivity contribution >= 4 is 17.7 Å². The van der Waals surface area contributed by atoms with Gasteiger partial charge >= 0.3 is 0 Å². The predicted molar refractivity (Wildman–Crippen MR) is 107 cm³/mol. The van der Waals surface area contributed by atoms with Crippen molar-refractivity contribution in [1.82, 2.24) is 5.32 Å². The second kappa shape index (κ2) is 9.04. The number of benzene rings is 2. The molecule has 1 atom stereocenters. The largest absolute Gasteiger partial charge is 0.497 e. The second-order valence-electron chi connectivity index (χ2n) is 6.37. The Balaban J connectivity index is 1.57. The average Bonchev–Trinajstić information content (AvgIpc) is 3.04. The molecule has 1 N–H and O–H groups in total. The monoisotopic (exact) mass is 387 g/mol. The van der Waals surface area contributed by atoms with Crippen molar-refractivity contribution in [3.8, 4) is 17.2 Å². The summed E-state index contributed by atoms with van der Waals surface area (Å²) in [5.41, 5.74) is 2.10. The third-order valence-electron chi connectivity index (χ3n) is 4.28. The summed E-state index contributed by atoms with van der Waals surface area (Å²) in [5.74, 6) is 2.85. The van der Waals surface area contributed by atoms with Gasteiger partial charge in [0, 0.05) is 29.0 Å². The van der Waals surface area contributed by atoms with E-state index in [1.165, 1.54) is 11.8 Å². The van der Waals surface area contributed by atoms with Gasteiger partial charge in [0.05, 0.1) is 19.5 Å². The summed E-state index contributed by atoms with van der Waals surface area (Å²) in [5, 5.41) is 2.97. The molecule has 0 radical (unpaired) electrons. The molecular formula is C21H25NO4S. The van der Waals surface area contributed by atoms with Crippen LogP contribution in [-0.2, 0) is 17.8 Å². The number of carbonyl (C=O) groups is 1. The number of ether oxygens (including phenoxy) is 3. The molecule has 0 spiro atoms. The quantitative estimate of drug-likeness (QED) is 0.698.